The van der Waals surface area contributed by atoms with Crippen LogP contribution in [-0.2, 0) is 33.3 Å². The van der Waals surface area contributed by atoms with Crippen molar-refractivity contribution in [3.63, 3.8) is 0 Å². The molecular weight excluding hydrogens is 488 g/mol. The Morgan fingerprint density at radius 1 is 1.16 bits per heavy atom. The second-order valence-corrected chi connectivity index (χ2v) is 9.71. The highest BCUT2D eigenvalue weighted by molar-refractivity contribution is 5.85. The summed E-state index contributed by atoms with van der Waals surface area (Å²) in [7, 11) is 1.44. The SMILES string of the molecule is COc1cc([C@@H](OC(=O)C(C)(O)[C@@H](C)OC(=O)C=C(C)C)[C@@H](C)OC(=O)C2(C)OC2C)cc2c1OCO2. The lowest BCUT2D eigenvalue weighted by Gasteiger charge is -2.31. The number of fused-ring (bicyclic) bond motifs is 1. The number of methoxy groups -OCH3 is 1. The van der Waals surface area contributed by atoms with E-state index in [0.29, 0.717) is 28.4 Å². The van der Waals surface area contributed by atoms with Crippen LogP contribution in [0.2, 0.25) is 0 Å². The smallest absolute Gasteiger partial charge is 0.342 e. The van der Waals surface area contributed by atoms with Crippen LogP contribution in [0.4, 0.5) is 0 Å². The molecule has 11 nitrogen and oxygen atoms in total. The van der Waals surface area contributed by atoms with E-state index >= 15 is 0 Å². The first kappa shape index (κ1) is 28.3. The molecule has 1 N–H and O–H groups in total. The van der Waals surface area contributed by atoms with E-state index in [1.165, 1.54) is 34.0 Å². The molecule has 0 amide bonds. The van der Waals surface area contributed by atoms with Crippen LogP contribution in [0.1, 0.15) is 60.1 Å². The number of hydrogen-bond acceptors (Lipinski definition) is 11. The number of rotatable bonds is 10. The topological polar surface area (TPSA) is 139 Å². The first-order chi connectivity index (χ1) is 17.2. The predicted molar refractivity (Wildman–Crippen MR) is 128 cm³/mol. The molecule has 1 fully saturated rings. The van der Waals surface area contributed by atoms with E-state index in [-0.39, 0.29) is 12.9 Å². The molecule has 204 valence electrons. The molecule has 11 heteroatoms. The molecule has 2 aliphatic heterocycles. The minimum atomic E-state index is -2.23. The summed E-state index contributed by atoms with van der Waals surface area (Å²) < 4.78 is 38.1. The zero-order chi connectivity index (χ0) is 27.7. The predicted octanol–water partition coefficient (Wildman–Crippen LogP) is 2.77. The summed E-state index contributed by atoms with van der Waals surface area (Å²) in [5, 5.41) is 11.0. The molecule has 0 radical (unpaired) electrons. The molecule has 3 rings (SSSR count). The molecule has 1 aromatic carbocycles. The van der Waals surface area contributed by atoms with Gasteiger partial charge in [-0.15, -0.1) is 0 Å². The molecule has 6 atom stereocenters. The fraction of sp³-hybridized carbons (Fsp3) is 0.577. The van der Waals surface area contributed by atoms with Crippen molar-refractivity contribution < 1.29 is 52.6 Å². The summed E-state index contributed by atoms with van der Waals surface area (Å²) in [4.78, 5) is 38.0. The summed E-state index contributed by atoms with van der Waals surface area (Å²) in [6.07, 6.45) is -2.56. The van der Waals surface area contributed by atoms with Gasteiger partial charge < -0.3 is 38.3 Å². The van der Waals surface area contributed by atoms with Gasteiger partial charge in [0.15, 0.2) is 28.8 Å². The van der Waals surface area contributed by atoms with Gasteiger partial charge in [-0.2, -0.15) is 0 Å². The van der Waals surface area contributed by atoms with Crippen LogP contribution in [0.15, 0.2) is 23.8 Å². The summed E-state index contributed by atoms with van der Waals surface area (Å²) in [5.74, 6) is -1.41. The van der Waals surface area contributed by atoms with E-state index in [1.807, 2.05) is 0 Å². The van der Waals surface area contributed by atoms with Gasteiger partial charge in [0.1, 0.15) is 12.2 Å². The number of allylic oxidation sites excluding steroid dienone is 1. The highest BCUT2D eigenvalue weighted by Gasteiger charge is 2.58. The summed E-state index contributed by atoms with van der Waals surface area (Å²) in [6, 6.07) is 3.12. The maximum atomic E-state index is 13.2. The quantitative estimate of drug-likeness (QED) is 0.210. The van der Waals surface area contributed by atoms with E-state index in [1.54, 1.807) is 39.8 Å². The molecule has 2 aliphatic rings. The Kier molecular flexibility index (Phi) is 8.09. The summed E-state index contributed by atoms with van der Waals surface area (Å²) in [5.41, 5.74) is -2.29. The van der Waals surface area contributed by atoms with Gasteiger partial charge in [-0.1, -0.05) is 5.57 Å². The zero-order valence-electron chi connectivity index (χ0n) is 22.3. The van der Waals surface area contributed by atoms with Crippen LogP contribution in [0.25, 0.3) is 0 Å². The van der Waals surface area contributed by atoms with Gasteiger partial charge in [0.05, 0.1) is 13.2 Å². The largest absolute Gasteiger partial charge is 0.493 e. The van der Waals surface area contributed by atoms with Gasteiger partial charge in [0.2, 0.25) is 12.5 Å². The van der Waals surface area contributed by atoms with Crippen molar-refractivity contribution in [2.24, 2.45) is 0 Å². The summed E-state index contributed by atoms with van der Waals surface area (Å²) in [6.45, 7) is 10.8. The number of aliphatic hydroxyl groups is 1. The Labute approximate surface area is 215 Å². The van der Waals surface area contributed by atoms with Gasteiger partial charge in [-0.25, -0.2) is 14.4 Å². The molecule has 0 saturated carbocycles. The van der Waals surface area contributed by atoms with Gasteiger partial charge >= 0.3 is 17.9 Å². The van der Waals surface area contributed by atoms with Crippen molar-refractivity contribution in [3.05, 3.63) is 29.3 Å². The highest BCUT2D eigenvalue weighted by atomic mass is 16.7. The number of esters is 3. The van der Waals surface area contributed by atoms with Crippen molar-refractivity contribution in [1.29, 1.82) is 0 Å². The fourth-order valence-electron chi connectivity index (χ4n) is 3.60. The number of epoxide rings is 1. The third kappa shape index (κ3) is 5.99. The van der Waals surface area contributed by atoms with Gasteiger partial charge in [-0.05, 0) is 60.6 Å². The minimum Gasteiger partial charge on any atom is -0.493 e. The number of benzene rings is 1. The van der Waals surface area contributed by atoms with Gasteiger partial charge in [0.25, 0.3) is 0 Å². The standard InChI is InChI=1S/C26H34O11/c1-13(2)9-20(27)35-15(4)25(6,30)23(28)36-21(14(3)34-24(29)26(7)16(5)37-26)17-10-18(31-8)22-19(11-17)32-12-33-22/h9-11,14-16,21,30H,12H2,1-8H3/t14-,15-,16?,21+,25?,26?/m1/s1. The molecular formula is C26H34O11. The first-order valence-corrected chi connectivity index (χ1v) is 11.9. The molecule has 0 aromatic heterocycles. The van der Waals surface area contributed by atoms with E-state index in [0.717, 1.165) is 0 Å². The lowest BCUT2D eigenvalue weighted by Crippen LogP contribution is -2.49. The lowest BCUT2D eigenvalue weighted by atomic mass is 9.99. The average Bonchev–Trinajstić information content (AvgIpc) is 3.19. The van der Waals surface area contributed by atoms with Crippen LogP contribution >= 0.6 is 0 Å². The molecule has 0 bridgehead atoms. The Hall–Kier alpha value is -3.31. The second-order valence-electron chi connectivity index (χ2n) is 9.71. The maximum Gasteiger partial charge on any atom is 0.342 e. The first-order valence-electron chi connectivity index (χ1n) is 11.9. The Morgan fingerprint density at radius 3 is 2.38 bits per heavy atom. The van der Waals surface area contributed by atoms with Crippen LogP contribution < -0.4 is 14.2 Å². The van der Waals surface area contributed by atoms with Crippen molar-refractivity contribution in [2.45, 2.75) is 84.1 Å². The molecule has 1 aromatic rings. The van der Waals surface area contributed by atoms with E-state index in [4.69, 9.17) is 33.2 Å². The zero-order valence-corrected chi connectivity index (χ0v) is 22.3. The fourth-order valence-corrected chi connectivity index (χ4v) is 3.60. The maximum absolute atomic E-state index is 13.2. The average molecular weight is 523 g/mol. The second kappa shape index (κ2) is 10.6. The molecule has 2 heterocycles. The molecule has 37 heavy (non-hydrogen) atoms. The Morgan fingerprint density at radius 2 is 1.81 bits per heavy atom. The third-order valence-electron chi connectivity index (χ3n) is 6.41. The summed E-state index contributed by atoms with van der Waals surface area (Å²) >= 11 is 0. The molecule has 0 aliphatic carbocycles. The molecule has 3 unspecified atom stereocenters. The van der Waals surface area contributed by atoms with Crippen molar-refractivity contribution in [2.75, 3.05) is 13.9 Å². The van der Waals surface area contributed by atoms with E-state index in [2.05, 4.69) is 0 Å². The Balaban J connectivity index is 1.89. The molecule has 0 spiro atoms. The van der Waals surface area contributed by atoms with E-state index < -0.39 is 47.4 Å². The minimum absolute atomic E-state index is 0.0268. The highest BCUT2D eigenvalue weighted by Crippen LogP contribution is 2.45. The van der Waals surface area contributed by atoms with Crippen LogP contribution in [0, 0.1) is 0 Å². The van der Waals surface area contributed by atoms with Crippen LogP contribution in [-0.4, -0.2) is 66.4 Å². The normalized spacial score (nSPS) is 23.5. The van der Waals surface area contributed by atoms with Crippen molar-refractivity contribution in [1.82, 2.24) is 0 Å². The van der Waals surface area contributed by atoms with Crippen molar-refractivity contribution >= 4 is 17.9 Å². The van der Waals surface area contributed by atoms with Crippen LogP contribution in [0.3, 0.4) is 0 Å². The molecule has 1 saturated heterocycles. The Bertz CT molecular complexity index is 1090. The van der Waals surface area contributed by atoms with Gasteiger partial charge in [-0.3, -0.25) is 0 Å². The number of carbonyl (C=O) groups excluding carboxylic acids is 3. The number of hydrogen-bond donors (Lipinski definition) is 1. The third-order valence-corrected chi connectivity index (χ3v) is 6.41. The monoisotopic (exact) mass is 522 g/mol. The van der Waals surface area contributed by atoms with Gasteiger partial charge in [0, 0.05) is 11.6 Å². The number of carbonyl (C=O) groups is 3. The van der Waals surface area contributed by atoms with Crippen LogP contribution in [0.5, 0.6) is 17.2 Å². The number of ether oxygens (including phenoxy) is 7. The van der Waals surface area contributed by atoms with Crippen molar-refractivity contribution in [3.8, 4) is 17.2 Å². The lowest BCUT2D eigenvalue weighted by molar-refractivity contribution is -0.194. The van der Waals surface area contributed by atoms with E-state index in [9.17, 15) is 19.5 Å².